The van der Waals surface area contributed by atoms with E-state index in [1.54, 1.807) is 12.1 Å². The van der Waals surface area contributed by atoms with Crippen LogP contribution in [-0.4, -0.2) is 16.8 Å². The zero-order chi connectivity index (χ0) is 15.4. The van der Waals surface area contributed by atoms with Crippen LogP contribution in [0.25, 0.3) is 10.8 Å². The van der Waals surface area contributed by atoms with Crippen LogP contribution in [0.4, 0.5) is 5.13 Å². The lowest BCUT2D eigenvalue weighted by atomic mass is 9.94. The van der Waals surface area contributed by atoms with Gasteiger partial charge < -0.3 is 0 Å². The van der Waals surface area contributed by atoms with Crippen molar-refractivity contribution in [1.29, 1.82) is 0 Å². The Morgan fingerprint density at radius 3 is 2.05 bits per heavy atom. The van der Waals surface area contributed by atoms with Crippen molar-refractivity contribution in [3.05, 3.63) is 58.1 Å². The molecule has 0 unspecified atom stereocenters. The minimum atomic E-state index is -0.303. The van der Waals surface area contributed by atoms with Crippen molar-refractivity contribution in [2.75, 3.05) is 4.90 Å². The molecule has 0 spiro atoms. The second-order valence-electron chi connectivity index (χ2n) is 5.29. The molecule has 22 heavy (non-hydrogen) atoms. The summed E-state index contributed by atoms with van der Waals surface area (Å²) in [5.74, 6) is -0.605. The Morgan fingerprint density at radius 2 is 1.55 bits per heavy atom. The number of nitrogens with zero attached hydrogens (tertiary/aromatic N) is 2. The van der Waals surface area contributed by atoms with Crippen molar-refractivity contribution in [2.45, 2.75) is 13.8 Å². The van der Waals surface area contributed by atoms with E-state index >= 15 is 0 Å². The molecule has 3 aromatic rings. The zero-order valence-electron chi connectivity index (χ0n) is 12.1. The number of amides is 2. The van der Waals surface area contributed by atoms with Gasteiger partial charge in [0.2, 0.25) is 0 Å². The van der Waals surface area contributed by atoms with Crippen molar-refractivity contribution in [3.8, 4) is 0 Å². The number of carbonyl (C=O) groups excluding carboxylic acids is 2. The van der Waals surface area contributed by atoms with E-state index in [-0.39, 0.29) is 11.8 Å². The Bertz CT molecular complexity index is 888. The molecule has 2 amide bonds. The average molecular weight is 308 g/mol. The van der Waals surface area contributed by atoms with Crippen molar-refractivity contribution >= 4 is 39.1 Å². The molecule has 0 radical (unpaired) electrons. The number of hydrogen-bond donors (Lipinski definition) is 0. The van der Waals surface area contributed by atoms with Crippen LogP contribution in [-0.2, 0) is 0 Å². The predicted molar refractivity (Wildman–Crippen MR) is 86.7 cm³/mol. The molecule has 1 aromatic heterocycles. The van der Waals surface area contributed by atoms with Gasteiger partial charge in [-0.2, -0.15) is 0 Å². The summed E-state index contributed by atoms with van der Waals surface area (Å²) < 4.78 is 0. The molecule has 1 aliphatic heterocycles. The third kappa shape index (κ3) is 1.66. The van der Waals surface area contributed by atoms with Crippen molar-refractivity contribution in [1.82, 2.24) is 4.98 Å². The molecule has 0 saturated carbocycles. The molecule has 0 aliphatic carbocycles. The van der Waals surface area contributed by atoms with Crippen molar-refractivity contribution in [2.24, 2.45) is 0 Å². The Kier molecular flexibility index (Phi) is 2.68. The molecule has 4 nitrogen and oxygen atoms in total. The maximum atomic E-state index is 12.8. The number of thiazole rings is 1. The predicted octanol–water partition coefficient (Wildman–Crippen LogP) is 3.71. The lowest BCUT2D eigenvalue weighted by molar-refractivity contribution is 0.0893. The van der Waals surface area contributed by atoms with Gasteiger partial charge in [0.25, 0.3) is 11.8 Å². The molecule has 5 heteroatoms. The maximum absolute atomic E-state index is 12.8. The van der Waals surface area contributed by atoms with Gasteiger partial charge in [0.05, 0.1) is 5.69 Å². The minimum absolute atomic E-state index is 0.303. The van der Waals surface area contributed by atoms with E-state index in [4.69, 9.17) is 0 Å². The fourth-order valence-corrected chi connectivity index (χ4v) is 3.66. The van der Waals surface area contributed by atoms with E-state index in [0.29, 0.717) is 16.3 Å². The molecule has 0 atom stereocenters. The normalized spacial score (nSPS) is 14.0. The standard InChI is InChI=1S/C17H12N2O2S/c1-9-10(2)22-17(18-9)19-15(20)12-7-3-5-11-6-4-8-13(14(11)12)16(19)21/h3-8H,1-2H3. The first-order valence-electron chi connectivity index (χ1n) is 6.92. The van der Waals surface area contributed by atoms with E-state index in [9.17, 15) is 9.59 Å². The molecule has 0 saturated heterocycles. The zero-order valence-corrected chi connectivity index (χ0v) is 12.9. The number of hydrogen-bond acceptors (Lipinski definition) is 4. The highest BCUT2D eigenvalue weighted by Crippen LogP contribution is 2.34. The largest absolute Gasteiger partial charge is 0.268 e. The Labute approximate surface area is 131 Å². The summed E-state index contributed by atoms with van der Waals surface area (Å²) in [5, 5.41) is 2.08. The summed E-state index contributed by atoms with van der Waals surface area (Å²) in [5.41, 5.74) is 1.95. The molecular formula is C17H12N2O2S. The Hall–Kier alpha value is -2.53. The van der Waals surface area contributed by atoms with Gasteiger partial charge in [-0.15, -0.1) is 11.3 Å². The van der Waals surface area contributed by atoms with Crippen LogP contribution in [0.5, 0.6) is 0 Å². The van der Waals surface area contributed by atoms with E-state index in [0.717, 1.165) is 21.3 Å². The third-order valence-electron chi connectivity index (χ3n) is 3.98. The van der Waals surface area contributed by atoms with Gasteiger partial charge >= 0.3 is 0 Å². The number of rotatable bonds is 1. The van der Waals surface area contributed by atoms with Gasteiger partial charge in [0, 0.05) is 21.4 Å². The molecule has 0 bridgehead atoms. The van der Waals surface area contributed by atoms with Gasteiger partial charge in [0.1, 0.15) is 0 Å². The number of aryl methyl sites for hydroxylation is 2. The van der Waals surface area contributed by atoms with E-state index in [1.807, 2.05) is 38.1 Å². The highest BCUT2D eigenvalue weighted by Gasteiger charge is 2.35. The monoisotopic (exact) mass is 308 g/mol. The number of anilines is 1. The van der Waals surface area contributed by atoms with Crippen LogP contribution in [0.15, 0.2) is 36.4 Å². The lowest BCUT2D eigenvalue weighted by Crippen LogP contribution is -2.40. The van der Waals surface area contributed by atoms with Gasteiger partial charge in [-0.25, -0.2) is 9.88 Å². The fourth-order valence-electron chi connectivity index (χ4n) is 2.76. The van der Waals surface area contributed by atoms with Gasteiger partial charge in [-0.05, 0) is 31.4 Å². The van der Waals surface area contributed by atoms with E-state index < -0.39 is 0 Å². The van der Waals surface area contributed by atoms with Crippen LogP contribution in [0.1, 0.15) is 31.3 Å². The first-order valence-corrected chi connectivity index (χ1v) is 7.74. The topological polar surface area (TPSA) is 50.3 Å². The fraction of sp³-hybridized carbons (Fsp3) is 0.118. The van der Waals surface area contributed by atoms with Crippen LogP contribution >= 0.6 is 11.3 Å². The second-order valence-corrected chi connectivity index (χ2v) is 6.47. The molecule has 2 heterocycles. The molecule has 108 valence electrons. The van der Waals surface area contributed by atoms with Gasteiger partial charge in [0.15, 0.2) is 5.13 Å². The molecular weight excluding hydrogens is 296 g/mol. The quantitative estimate of drug-likeness (QED) is 0.644. The Morgan fingerprint density at radius 1 is 0.955 bits per heavy atom. The maximum Gasteiger partial charge on any atom is 0.267 e. The molecule has 2 aromatic carbocycles. The smallest absolute Gasteiger partial charge is 0.267 e. The third-order valence-corrected chi connectivity index (χ3v) is 5.04. The Balaban J connectivity index is 1.99. The molecule has 1 aliphatic rings. The SMILES string of the molecule is Cc1nc(N2C(=O)c3cccc4cccc(c34)C2=O)sc1C. The summed E-state index contributed by atoms with van der Waals surface area (Å²) in [6.07, 6.45) is 0. The van der Waals surface area contributed by atoms with Crippen LogP contribution in [0.2, 0.25) is 0 Å². The second kappa shape index (κ2) is 4.48. The summed E-state index contributed by atoms with van der Waals surface area (Å²) in [6, 6.07) is 11.0. The lowest BCUT2D eigenvalue weighted by Gasteiger charge is -2.25. The number of benzene rings is 2. The summed E-state index contributed by atoms with van der Waals surface area (Å²) in [6.45, 7) is 3.81. The van der Waals surface area contributed by atoms with Crippen LogP contribution in [0, 0.1) is 13.8 Å². The number of imide groups is 1. The highest BCUT2D eigenvalue weighted by molar-refractivity contribution is 7.16. The van der Waals surface area contributed by atoms with Crippen molar-refractivity contribution < 1.29 is 9.59 Å². The van der Waals surface area contributed by atoms with E-state index in [2.05, 4.69) is 4.98 Å². The van der Waals surface area contributed by atoms with E-state index in [1.165, 1.54) is 16.2 Å². The highest BCUT2D eigenvalue weighted by atomic mass is 32.1. The summed E-state index contributed by atoms with van der Waals surface area (Å²) in [7, 11) is 0. The summed E-state index contributed by atoms with van der Waals surface area (Å²) in [4.78, 5) is 32.2. The molecule has 0 fully saturated rings. The number of aromatic nitrogens is 1. The summed E-state index contributed by atoms with van der Waals surface area (Å²) >= 11 is 1.37. The molecule has 0 N–H and O–H groups in total. The minimum Gasteiger partial charge on any atom is -0.268 e. The first-order chi connectivity index (χ1) is 10.6. The molecule has 4 rings (SSSR count). The van der Waals surface area contributed by atoms with Gasteiger partial charge in [-0.1, -0.05) is 24.3 Å². The van der Waals surface area contributed by atoms with Crippen LogP contribution in [0.3, 0.4) is 0 Å². The number of carbonyl (C=O) groups is 2. The average Bonchev–Trinajstić information content (AvgIpc) is 2.84. The first kappa shape index (κ1) is 13.2. The van der Waals surface area contributed by atoms with Crippen LogP contribution < -0.4 is 4.90 Å². The van der Waals surface area contributed by atoms with Crippen molar-refractivity contribution in [3.63, 3.8) is 0 Å². The van der Waals surface area contributed by atoms with Gasteiger partial charge in [-0.3, -0.25) is 9.59 Å².